The molecule has 0 aliphatic carbocycles. The van der Waals surface area contributed by atoms with Crippen molar-refractivity contribution in [2.24, 2.45) is 0 Å². The Labute approximate surface area is 123 Å². The molecule has 6 heteroatoms. The standard InChI is InChI=1S/C15H16FNO3S/c1-21(19,20)17-14-8-7-12(10-13(14)16)15(18)9-11-5-3-2-4-6-11/h2-8,10,15,17-18H,9H2,1H3. The third-order valence-electron chi connectivity index (χ3n) is 2.95. The zero-order chi connectivity index (χ0) is 15.5. The van der Waals surface area contributed by atoms with Gasteiger partial charge in [0.15, 0.2) is 0 Å². The first-order chi connectivity index (χ1) is 9.85. The number of anilines is 1. The Hall–Kier alpha value is -1.92. The molecule has 0 heterocycles. The summed E-state index contributed by atoms with van der Waals surface area (Å²) in [6, 6.07) is 13.3. The molecule has 0 fully saturated rings. The number of benzene rings is 2. The molecule has 0 saturated heterocycles. The Balaban J connectivity index is 2.16. The lowest BCUT2D eigenvalue weighted by atomic mass is 10.0. The highest BCUT2D eigenvalue weighted by Gasteiger charge is 2.13. The molecule has 1 atom stereocenters. The minimum Gasteiger partial charge on any atom is -0.388 e. The smallest absolute Gasteiger partial charge is 0.229 e. The summed E-state index contributed by atoms with van der Waals surface area (Å²) in [4.78, 5) is 0. The molecule has 2 aromatic rings. The van der Waals surface area contributed by atoms with Gasteiger partial charge in [-0.3, -0.25) is 4.72 Å². The molecule has 2 aromatic carbocycles. The highest BCUT2D eigenvalue weighted by atomic mass is 32.2. The predicted octanol–water partition coefficient (Wildman–Crippen LogP) is 2.47. The van der Waals surface area contributed by atoms with Crippen molar-refractivity contribution >= 4 is 15.7 Å². The van der Waals surface area contributed by atoms with Gasteiger partial charge < -0.3 is 5.11 Å². The summed E-state index contributed by atoms with van der Waals surface area (Å²) in [5, 5.41) is 10.1. The van der Waals surface area contributed by atoms with Crippen LogP contribution in [0.25, 0.3) is 0 Å². The van der Waals surface area contributed by atoms with Crippen LogP contribution in [0.2, 0.25) is 0 Å². The summed E-state index contributed by atoms with van der Waals surface area (Å²) in [7, 11) is -3.53. The second kappa shape index (κ2) is 6.24. The average Bonchev–Trinajstić information content (AvgIpc) is 2.40. The van der Waals surface area contributed by atoms with Gasteiger partial charge in [-0.15, -0.1) is 0 Å². The molecule has 2 N–H and O–H groups in total. The molecular formula is C15H16FNO3S. The quantitative estimate of drug-likeness (QED) is 0.891. The number of rotatable bonds is 5. The maximum atomic E-state index is 13.8. The molecule has 0 bridgehead atoms. The van der Waals surface area contributed by atoms with Gasteiger partial charge in [0.25, 0.3) is 0 Å². The monoisotopic (exact) mass is 309 g/mol. The van der Waals surface area contributed by atoms with Crippen molar-refractivity contribution in [2.45, 2.75) is 12.5 Å². The van der Waals surface area contributed by atoms with Crippen molar-refractivity contribution in [1.82, 2.24) is 0 Å². The van der Waals surface area contributed by atoms with Gasteiger partial charge in [0.05, 0.1) is 18.0 Å². The number of hydrogen-bond donors (Lipinski definition) is 2. The van der Waals surface area contributed by atoms with Crippen LogP contribution in [-0.4, -0.2) is 19.8 Å². The Bertz CT molecular complexity index is 717. The van der Waals surface area contributed by atoms with Crippen molar-refractivity contribution in [3.63, 3.8) is 0 Å². The maximum Gasteiger partial charge on any atom is 0.229 e. The molecule has 0 radical (unpaired) electrons. The fraction of sp³-hybridized carbons (Fsp3) is 0.200. The second-order valence-electron chi connectivity index (χ2n) is 4.82. The van der Waals surface area contributed by atoms with Gasteiger partial charge in [-0.05, 0) is 23.3 Å². The Morgan fingerprint density at radius 1 is 1.19 bits per heavy atom. The molecule has 1 unspecified atom stereocenters. The minimum absolute atomic E-state index is 0.131. The third-order valence-corrected chi connectivity index (χ3v) is 3.54. The SMILES string of the molecule is CS(=O)(=O)Nc1ccc(C(O)Cc2ccccc2)cc1F. The van der Waals surface area contributed by atoms with E-state index in [9.17, 15) is 17.9 Å². The van der Waals surface area contributed by atoms with Crippen LogP contribution in [-0.2, 0) is 16.4 Å². The molecular weight excluding hydrogens is 293 g/mol. The lowest BCUT2D eigenvalue weighted by molar-refractivity contribution is 0.178. The fourth-order valence-electron chi connectivity index (χ4n) is 1.98. The number of halogens is 1. The molecule has 0 aliphatic rings. The van der Waals surface area contributed by atoms with Crippen LogP contribution in [0.4, 0.5) is 10.1 Å². The predicted molar refractivity (Wildman–Crippen MR) is 80.0 cm³/mol. The molecule has 0 saturated carbocycles. The molecule has 2 rings (SSSR count). The van der Waals surface area contributed by atoms with Gasteiger partial charge in [0.1, 0.15) is 5.82 Å². The van der Waals surface area contributed by atoms with E-state index in [1.807, 2.05) is 30.3 Å². The molecule has 4 nitrogen and oxygen atoms in total. The molecule has 0 spiro atoms. The van der Waals surface area contributed by atoms with Gasteiger partial charge in [-0.25, -0.2) is 12.8 Å². The first-order valence-corrected chi connectivity index (χ1v) is 8.23. The Morgan fingerprint density at radius 3 is 2.43 bits per heavy atom. The molecule has 0 aromatic heterocycles. The third kappa shape index (κ3) is 4.54. The lowest BCUT2D eigenvalue weighted by Gasteiger charge is -2.13. The molecule has 0 aliphatic heterocycles. The average molecular weight is 309 g/mol. The molecule has 0 amide bonds. The van der Waals surface area contributed by atoms with Gasteiger partial charge in [0, 0.05) is 6.42 Å². The summed E-state index contributed by atoms with van der Waals surface area (Å²) in [6.07, 6.45) is 0.457. The highest BCUT2D eigenvalue weighted by molar-refractivity contribution is 7.92. The first-order valence-electron chi connectivity index (χ1n) is 6.34. The van der Waals surface area contributed by atoms with Crippen LogP contribution in [0, 0.1) is 5.82 Å². The number of hydrogen-bond acceptors (Lipinski definition) is 3. The number of sulfonamides is 1. The summed E-state index contributed by atoms with van der Waals surface area (Å²) in [6.45, 7) is 0. The van der Waals surface area contributed by atoms with E-state index >= 15 is 0 Å². The van der Waals surface area contributed by atoms with E-state index in [0.717, 1.165) is 17.9 Å². The second-order valence-corrected chi connectivity index (χ2v) is 6.57. The van der Waals surface area contributed by atoms with Crippen LogP contribution < -0.4 is 4.72 Å². The van der Waals surface area contributed by atoms with Crippen molar-refractivity contribution in [1.29, 1.82) is 0 Å². The van der Waals surface area contributed by atoms with Gasteiger partial charge in [0.2, 0.25) is 10.0 Å². The number of aliphatic hydroxyl groups excluding tert-OH is 1. The molecule has 21 heavy (non-hydrogen) atoms. The largest absolute Gasteiger partial charge is 0.388 e. The zero-order valence-corrected chi connectivity index (χ0v) is 12.3. The highest BCUT2D eigenvalue weighted by Crippen LogP contribution is 2.23. The summed E-state index contributed by atoms with van der Waals surface area (Å²) in [5.74, 6) is -0.718. The van der Waals surface area contributed by atoms with Gasteiger partial charge in [-0.1, -0.05) is 36.4 Å². The van der Waals surface area contributed by atoms with E-state index in [4.69, 9.17) is 0 Å². The molecule has 112 valence electrons. The van der Waals surface area contributed by atoms with Crippen molar-refractivity contribution in [2.75, 3.05) is 11.0 Å². The van der Waals surface area contributed by atoms with Crippen LogP contribution in [0.3, 0.4) is 0 Å². The Morgan fingerprint density at radius 2 is 1.86 bits per heavy atom. The van der Waals surface area contributed by atoms with E-state index in [-0.39, 0.29) is 5.69 Å². The van der Waals surface area contributed by atoms with Crippen molar-refractivity contribution < 1.29 is 17.9 Å². The fourth-order valence-corrected chi connectivity index (χ4v) is 2.54. The summed E-state index contributed by atoms with van der Waals surface area (Å²) >= 11 is 0. The van der Waals surface area contributed by atoms with Crippen LogP contribution >= 0.6 is 0 Å². The summed E-state index contributed by atoms with van der Waals surface area (Å²) < 4.78 is 38.1. The number of aliphatic hydroxyl groups is 1. The normalized spacial score (nSPS) is 12.9. The van der Waals surface area contributed by atoms with Crippen LogP contribution in [0.5, 0.6) is 0 Å². The lowest BCUT2D eigenvalue weighted by Crippen LogP contribution is -2.11. The van der Waals surface area contributed by atoms with Crippen molar-refractivity contribution in [3.8, 4) is 0 Å². The first kappa shape index (κ1) is 15.5. The summed E-state index contributed by atoms with van der Waals surface area (Å²) in [5.41, 5.74) is 1.20. The van der Waals surface area contributed by atoms with E-state index in [1.165, 1.54) is 12.1 Å². The van der Waals surface area contributed by atoms with E-state index in [2.05, 4.69) is 4.72 Å². The Kier molecular flexibility index (Phi) is 4.59. The van der Waals surface area contributed by atoms with Gasteiger partial charge >= 0.3 is 0 Å². The van der Waals surface area contributed by atoms with Crippen molar-refractivity contribution in [3.05, 3.63) is 65.5 Å². The zero-order valence-electron chi connectivity index (χ0n) is 11.5. The van der Waals surface area contributed by atoms with Crippen LogP contribution in [0.15, 0.2) is 48.5 Å². The van der Waals surface area contributed by atoms with E-state index < -0.39 is 21.9 Å². The topological polar surface area (TPSA) is 66.4 Å². The van der Waals surface area contributed by atoms with E-state index in [0.29, 0.717) is 12.0 Å². The van der Waals surface area contributed by atoms with E-state index in [1.54, 1.807) is 0 Å². The van der Waals surface area contributed by atoms with Gasteiger partial charge in [-0.2, -0.15) is 0 Å². The minimum atomic E-state index is -3.53. The number of nitrogens with one attached hydrogen (secondary N) is 1. The maximum absolute atomic E-state index is 13.8. The van der Waals surface area contributed by atoms with Crippen LogP contribution in [0.1, 0.15) is 17.2 Å².